The summed E-state index contributed by atoms with van der Waals surface area (Å²) < 4.78 is 9.36. The summed E-state index contributed by atoms with van der Waals surface area (Å²) in [4.78, 5) is 15.6. The second kappa shape index (κ2) is 13.3. The molecule has 56 heavy (non-hydrogen) atoms. The number of hydrogen-bond acceptors (Lipinski definition) is 5. The maximum absolute atomic E-state index is 6.84. The second-order valence-corrected chi connectivity index (χ2v) is 15.0. The lowest BCUT2D eigenvalue weighted by Crippen LogP contribution is -2.01. The minimum absolute atomic E-state index is 0.579. The molecule has 0 amide bonds. The van der Waals surface area contributed by atoms with Crippen LogP contribution in [0.2, 0.25) is 0 Å². The first-order valence-corrected chi connectivity index (χ1v) is 19.5. The molecule has 0 aliphatic heterocycles. The number of fused-ring (bicyclic) bond motifs is 6. The summed E-state index contributed by atoms with van der Waals surface area (Å²) in [6.07, 6.45) is 0. The van der Waals surface area contributed by atoms with Gasteiger partial charge in [-0.25, -0.2) is 15.0 Å². The number of thiophene rings is 1. The van der Waals surface area contributed by atoms with E-state index in [9.17, 15) is 0 Å². The van der Waals surface area contributed by atoms with Crippen molar-refractivity contribution < 1.29 is 4.42 Å². The molecule has 0 N–H and O–H groups in total. The Balaban J connectivity index is 1.20. The van der Waals surface area contributed by atoms with Crippen LogP contribution in [0.4, 0.5) is 0 Å². The smallest absolute Gasteiger partial charge is 0.164 e. The van der Waals surface area contributed by atoms with Crippen molar-refractivity contribution in [3.05, 3.63) is 188 Å². The van der Waals surface area contributed by atoms with Crippen molar-refractivity contribution in [2.75, 3.05) is 0 Å². The Morgan fingerprint density at radius 2 is 0.911 bits per heavy atom. The quantitative estimate of drug-likeness (QED) is 0.171. The summed E-state index contributed by atoms with van der Waals surface area (Å²) in [7, 11) is 0. The van der Waals surface area contributed by atoms with Gasteiger partial charge >= 0.3 is 0 Å². The molecule has 0 aliphatic rings. The third-order valence-corrected chi connectivity index (χ3v) is 11.8. The van der Waals surface area contributed by atoms with Crippen LogP contribution in [-0.4, -0.2) is 15.0 Å². The predicted molar refractivity (Wildman–Crippen MR) is 233 cm³/mol. The highest BCUT2D eigenvalue weighted by Gasteiger charge is 2.23. The van der Waals surface area contributed by atoms with Crippen LogP contribution in [0, 0.1) is 0 Å². The van der Waals surface area contributed by atoms with Crippen LogP contribution in [0.1, 0.15) is 0 Å². The van der Waals surface area contributed by atoms with Crippen molar-refractivity contribution in [1.82, 2.24) is 15.0 Å². The number of nitrogens with zero attached hydrogens (tertiary/aromatic N) is 3. The third-order valence-electron chi connectivity index (χ3n) is 10.6. The largest absolute Gasteiger partial charge is 0.455 e. The number of furan rings is 1. The predicted octanol–water partition coefficient (Wildman–Crippen LogP) is 14.1. The van der Waals surface area contributed by atoms with E-state index >= 15 is 0 Å². The van der Waals surface area contributed by atoms with Crippen molar-refractivity contribution in [2.24, 2.45) is 0 Å². The molecular weight excluding hydrogens is 703 g/mol. The normalized spacial score (nSPS) is 11.6. The first-order chi connectivity index (χ1) is 27.7. The van der Waals surface area contributed by atoms with Gasteiger partial charge in [-0.2, -0.15) is 0 Å². The number of para-hydroxylation sites is 1. The molecule has 3 aromatic heterocycles. The average molecular weight is 734 g/mol. The van der Waals surface area contributed by atoms with Gasteiger partial charge in [0, 0.05) is 58.8 Å². The van der Waals surface area contributed by atoms with Gasteiger partial charge in [-0.05, 0) is 58.7 Å². The van der Waals surface area contributed by atoms with Crippen molar-refractivity contribution in [3.63, 3.8) is 0 Å². The minimum Gasteiger partial charge on any atom is -0.455 e. The summed E-state index contributed by atoms with van der Waals surface area (Å²) in [5, 5.41) is 4.56. The zero-order valence-electron chi connectivity index (χ0n) is 30.1. The molecule has 0 bridgehead atoms. The monoisotopic (exact) mass is 733 g/mol. The molecule has 8 aromatic carbocycles. The summed E-state index contributed by atoms with van der Waals surface area (Å²) in [6.45, 7) is 0. The number of benzene rings is 8. The Hall–Kier alpha value is -7.21. The number of hydrogen-bond donors (Lipinski definition) is 0. The van der Waals surface area contributed by atoms with Gasteiger partial charge in [0.25, 0.3) is 0 Å². The first-order valence-electron chi connectivity index (χ1n) is 18.7. The lowest BCUT2D eigenvalue weighted by atomic mass is 9.92. The fourth-order valence-corrected chi connectivity index (χ4v) is 9.07. The SMILES string of the molecule is c1ccc(-c2ccc(-c3nc(-c4ccccc4)nc(-c4ccc5c(oc6ccccc65)c4-c4cc(-c5ccccc5)c5sc6ccccc6c5c4)n3)cc2)cc1. The topological polar surface area (TPSA) is 51.8 Å². The molecule has 11 rings (SSSR count). The molecule has 0 aliphatic carbocycles. The summed E-state index contributed by atoms with van der Waals surface area (Å²) in [5.74, 6) is 1.79. The molecule has 0 fully saturated rings. The fourth-order valence-electron chi connectivity index (χ4n) is 7.85. The molecule has 3 heterocycles. The lowest BCUT2D eigenvalue weighted by Gasteiger charge is -2.15. The molecule has 5 heteroatoms. The third kappa shape index (κ3) is 5.48. The van der Waals surface area contributed by atoms with E-state index in [2.05, 4.69) is 140 Å². The maximum atomic E-state index is 6.84. The molecule has 0 radical (unpaired) electrons. The molecule has 262 valence electrons. The second-order valence-electron chi connectivity index (χ2n) is 13.9. The van der Waals surface area contributed by atoms with Gasteiger partial charge in [0.1, 0.15) is 11.2 Å². The standard InChI is InChI=1S/C51H31N3OS/c1-4-14-32(15-5-1)33-24-26-36(27-25-33)50-52-49(35-18-8-3-9-19-35)53-51(54-50)41-29-28-40-38-20-10-12-22-44(38)55-47(40)46(41)37-30-42(34-16-6-2-7-17-34)48-43(31-37)39-21-11-13-23-45(39)56-48/h1-31H. The van der Waals surface area contributed by atoms with E-state index < -0.39 is 0 Å². The van der Waals surface area contributed by atoms with Gasteiger partial charge in [0.15, 0.2) is 17.5 Å². The van der Waals surface area contributed by atoms with Crippen LogP contribution in [0.3, 0.4) is 0 Å². The van der Waals surface area contributed by atoms with Crippen molar-refractivity contribution in [3.8, 4) is 67.5 Å². The van der Waals surface area contributed by atoms with E-state index in [0.29, 0.717) is 17.5 Å². The Bertz CT molecular complexity index is 3230. The highest BCUT2D eigenvalue weighted by molar-refractivity contribution is 7.26. The van der Waals surface area contributed by atoms with Gasteiger partial charge in [-0.1, -0.05) is 152 Å². The zero-order chi connectivity index (χ0) is 37.0. The Morgan fingerprint density at radius 3 is 1.64 bits per heavy atom. The van der Waals surface area contributed by atoms with Crippen molar-refractivity contribution >= 4 is 53.4 Å². The van der Waals surface area contributed by atoms with E-state index in [0.717, 1.165) is 66.4 Å². The van der Waals surface area contributed by atoms with Crippen LogP contribution in [0.5, 0.6) is 0 Å². The van der Waals surface area contributed by atoms with Gasteiger partial charge < -0.3 is 4.42 Å². The Labute approximate surface area is 327 Å². The van der Waals surface area contributed by atoms with Gasteiger partial charge in [-0.15, -0.1) is 11.3 Å². The van der Waals surface area contributed by atoms with Gasteiger partial charge in [-0.3, -0.25) is 0 Å². The molecule has 0 saturated carbocycles. The Kier molecular flexibility index (Phi) is 7.64. The average Bonchev–Trinajstić information content (AvgIpc) is 3.85. The zero-order valence-corrected chi connectivity index (χ0v) is 30.9. The highest BCUT2D eigenvalue weighted by Crippen LogP contribution is 2.47. The van der Waals surface area contributed by atoms with Crippen molar-refractivity contribution in [2.45, 2.75) is 0 Å². The van der Waals surface area contributed by atoms with Crippen LogP contribution in [0.25, 0.3) is 110 Å². The van der Waals surface area contributed by atoms with E-state index in [1.54, 1.807) is 0 Å². The minimum atomic E-state index is 0.579. The molecule has 0 atom stereocenters. The number of rotatable bonds is 6. The van der Waals surface area contributed by atoms with E-state index in [4.69, 9.17) is 19.4 Å². The number of aromatic nitrogens is 3. The summed E-state index contributed by atoms with van der Waals surface area (Å²) in [6, 6.07) is 65.6. The Morgan fingerprint density at radius 1 is 0.357 bits per heavy atom. The van der Waals surface area contributed by atoms with E-state index in [-0.39, 0.29) is 0 Å². The van der Waals surface area contributed by atoms with Gasteiger partial charge in [0.2, 0.25) is 0 Å². The molecular formula is C51H31N3OS. The maximum Gasteiger partial charge on any atom is 0.164 e. The molecule has 0 unspecified atom stereocenters. The molecule has 4 nitrogen and oxygen atoms in total. The fraction of sp³-hybridized carbons (Fsp3) is 0. The molecule has 0 spiro atoms. The van der Waals surface area contributed by atoms with E-state index in [1.807, 2.05) is 59.9 Å². The van der Waals surface area contributed by atoms with Crippen LogP contribution < -0.4 is 0 Å². The highest BCUT2D eigenvalue weighted by atomic mass is 32.1. The van der Waals surface area contributed by atoms with Crippen LogP contribution in [0.15, 0.2) is 192 Å². The van der Waals surface area contributed by atoms with Crippen LogP contribution in [-0.2, 0) is 0 Å². The van der Waals surface area contributed by atoms with E-state index in [1.165, 1.54) is 25.7 Å². The summed E-state index contributed by atoms with van der Waals surface area (Å²) >= 11 is 1.84. The molecule has 0 saturated heterocycles. The lowest BCUT2D eigenvalue weighted by molar-refractivity contribution is 0.670. The van der Waals surface area contributed by atoms with Gasteiger partial charge in [0.05, 0.1) is 0 Å². The first kappa shape index (κ1) is 32.2. The van der Waals surface area contributed by atoms with Crippen LogP contribution >= 0.6 is 11.3 Å². The molecule has 11 aromatic rings. The van der Waals surface area contributed by atoms with Crippen molar-refractivity contribution in [1.29, 1.82) is 0 Å². The summed E-state index contributed by atoms with van der Waals surface area (Å²) in [5.41, 5.74) is 11.0.